The summed E-state index contributed by atoms with van der Waals surface area (Å²) in [7, 11) is 0. The number of pyridine rings is 1. The number of amides is 1. The van der Waals surface area contributed by atoms with Crippen LogP contribution in [0, 0.1) is 0 Å². The molecule has 0 aliphatic carbocycles. The topological polar surface area (TPSA) is 42.0 Å². The predicted molar refractivity (Wildman–Crippen MR) is 44.8 cm³/mol. The Morgan fingerprint density at radius 2 is 2.50 bits per heavy atom. The quantitative estimate of drug-likeness (QED) is 0.666. The van der Waals surface area contributed by atoms with Crippen molar-refractivity contribution in [2.45, 2.75) is 19.9 Å². The van der Waals surface area contributed by atoms with E-state index in [4.69, 9.17) is 0 Å². The fraction of sp³-hybridized carbons (Fsp3) is 0.333. The number of nitrogens with one attached hydrogen (secondary N) is 1. The van der Waals surface area contributed by atoms with Crippen molar-refractivity contribution in [2.75, 3.05) is 0 Å². The molecule has 1 amide bonds. The molecule has 0 atom stereocenters. The maximum Gasteiger partial charge on any atom is 0.253 e. The van der Waals surface area contributed by atoms with Gasteiger partial charge in [-0.15, -0.1) is 0 Å². The minimum atomic E-state index is 0.000142. The Hall–Kier alpha value is -1.38. The number of carbonyl (C=O) groups excluding carboxylic acids is 1. The number of fused-ring (bicyclic) bond motifs is 1. The van der Waals surface area contributed by atoms with Gasteiger partial charge in [-0.1, -0.05) is 6.92 Å². The van der Waals surface area contributed by atoms with E-state index in [1.165, 1.54) is 0 Å². The van der Waals surface area contributed by atoms with E-state index in [0.717, 1.165) is 23.2 Å². The van der Waals surface area contributed by atoms with Crippen LogP contribution >= 0.6 is 0 Å². The third-order valence-corrected chi connectivity index (χ3v) is 2.09. The second-order valence-electron chi connectivity index (χ2n) is 2.87. The SMILES string of the molecule is CCc1cc2c(cn1)C(=O)NC2. The van der Waals surface area contributed by atoms with Gasteiger partial charge in [0.15, 0.2) is 0 Å². The van der Waals surface area contributed by atoms with Crippen molar-refractivity contribution < 1.29 is 4.79 Å². The van der Waals surface area contributed by atoms with E-state index in [1.54, 1.807) is 6.20 Å². The lowest BCUT2D eigenvalue weighted by Gasteiger charge is -1.97. The Morgan fingerprint density at radius 1 is 1.67 bits per heavy atom. The van der Waals surface area contributed by atoms with Crippen LogP contribution in [0.3, 0.4) is 0 Å². The zero-order valence-electron chi connectivity index (χ0n) is 6.92. The van der Waals surface area contributed by atoms with Gasteiger partial charge in [0.05, 0.1) is 5.56 Å². The Labute approximate surface area is 70.8 Å². The molecule has 1 aromatic heterocycles. The Bertz CT molecular complexity index is 333. The largest absolute Gasteiger partial charge is 0.348 e. The van der Waals surface area contributed by atoms with Crippen LogP contribution in [0.4, 0.5) is 0 Å². The third kappa shape index (κ3) is 0.978. The molecule has 2 rings (SSSR count). The lowest BCUT2D eigenvalue weighted by Crippen LogP contribution is -2.12. The molecule has 12 heavy (non-hydrogen) atoms. The van der Waals surface area contributed by atoms with Crippen molar-refractivity contribution in [3.8, 4) is 0 Å². The van der Waals surface area contributed by atoms with Crippen molar-refractivity contribution in [3.05, 3.63) is 29.1 Å². The van der Waals surface area contributed by atoms with Crippen LogP contribution in [-0.2, 0) is 13.0 Å². The molecule has 2 heterocycles. The van der Waals surface area contributed by atoms with Gasteiger partial charge in [0.2, 0.25) is 0 Å². The predicted octanol–water partition coefficient (Wildman–Crippen LogP) is 0.887. The van der Waals surface area contributed by atoms with Gasteiger partial charge in [-0.3, -0.25) is 9.78 Å². The number of hydrogen-bond acceptors (Lipinski definition) is 2. The highest BCUT2D eigenvalue weighted by Gasteiger charge is 2.18. The lowest BCUT2D eigenvalue weighted by atomic mass is 10.1. The summed E-state index contributed by atoms with van der Waals surface area (Å²) in [6.07, 6.45) is 2.58. The van der Waals surface area contributed by atoms with Crippen LogP contribution in [0.1, 0.15) is 28.5 Å². The molecule has 62 valence electrons. The first-order valence-corrected chi connectivity index (χ1v) is 4.07. The van der Waals surface area contributed by atoms with Crippen molar-refractivity contribution in [2.24, 2.45) is 0 Å². The molecule has 1 aliphatic rings. The third-order valence-electron chi connectivity index (χ3n) is 2.09. The fourth-order valence-electron chi connectivity index (χ4n) is 1.36. The average molecular weight is 162 g/mol. The molecular formula is C9H10N2O. The minimum Gasteiger partial charge on any atom is -0.348 e. The van der Waals surface area contributed by atoms with Gasteiger partial charge >= 0.3 is 0 Å². The van der Waals surface area contributed by atoms with Crippen molar-refractivity contribution >= 4 is 5.91 Å². The highest BCUT2D eigenvalue weighted by molar-refractivity contribution is 5.97. The van der Waals surface area contributed by atoms with Gasteiger partial charge in [-0.25, -0.2) is 0 Å². The van der Waals surface area contributed by atoms with E-state index < -0.39 is 0 Å². The zero-order valence-corrected chi connectivity index (χ0v) is 6.92. The van der Waals surface area contributed by atoms with Gasteiger partial charge in [-0.05, 0) is 18.1 Å². The minimum absolute atomic E-state index is 0.000142. The molecule has 0 spiro atoms. The van der Waals surface area contributed by atoms with Crippen molar-refractivity contribution in [1.29, 1.82) is 0 Å². The molecule has 1 N–H and O–H groups in total. The Kier molecular flexibility index (Phi) is 1.57. The summed E-state index contributed by atoms with van der Waals surface area (Å²) >= 11 is 0. The van der Waals surface area contributed by atoms with E-state index in [9.17, 15) is 4.79 Å². The van der Waals surface area contributed by atoms with Crippen LogP contribution in [0.5, 0.6) is 0 Å². The number of carbonyl (C=O) groups is 1. The average Bonchev–Trinajstić information content (AvgIpc) is 2.47. The zero-order chi connectivity index (χ0) is 8.55. The Morgan fingerprint density at radius 3 is 3.25 bits per heavy atom. The maximum atomic E-state index is 11.1. The number of aryl methyl sites for hydroxylation is 1. The molecule has 0 radical (unpaired) electrons. The van der Waals surface area contributed by atoms with E-state index in [0.29, 0.717) is 6.54 Å². The summed E-state index contributed by atoms with van der Waals surface area (Å²) in [5, 5.41) is 2.76. The summed E-state index contributed by atoms with van der Waals surface area (Å²) in [4.78, 5) is 15.3. The van der Waals surface area contributed by atoms with Crippen LogP contribution in [0.25, 0.3) is 0 Å². The molecule has 1 aliphatic heterocycles. The first-order valence-electron chi connectivity index (χ1n) is 4.07. The standard InChI is InChI=1S/C9H10N2O/c1-2-7-3-6-4-11-9(12)8(6)5-10-7/h3,5H,2,4H2,1H3,(H,11,12). The van der Waals surface area contributed by atoms with Gasteiger partial charge < -0.3 is 5.32 Å². The van der Waals surface area contributed by atoms with Crippen molar-refractivity contribution in [1.82, 2.24) is 10.3 Å². The van der Waals surface area contributed by atoms with Crippen LogP contribution in [0.15, 0.2) is 12.3 Å². The highest BCUT2D eigenvalue weighted by atomic mass is 16.1. The van der Waals surface area contributed by atoms with Crippen LogP contribution in [-0.4, -0.2) is 10.9 Å². The maximum absolute atomic E-state index is 11.1. The summed E-state index contributed by atoms with van der Waals surface area (Å²) in [6, 6.07) is 1.99. The fourth-order valence-corrected chi connectivity index (χ4v) is 1.36. The van der Waals surface area contributed by atoms with Crippen LogP contribution < -0.4 is 5.32 Å². The summed E-state index contributed by atoms with van der Waals surface area (Å²) < 4.78 is 0. The lowest BCUT2D eigenvalue weighted by molar-refractivity contribution is 0.0965. The molecule has 0 unspecified atom stereocenters. The summed E-state index contributed by atoms with van der Waals surface area (Å²) in [5.74, 6) is 0.000142. The van der Waals surface area contributed by atoms with Gasteiger partial charge in [0.1, 0.15) is 0 Å². The molecule has 0 aromatic carbocycles. The monoisotopic (exact) mass is 162 g/mol. The number of hydrogen-bond donors (Lipinski definition) is 1. The Balaban J connectivity index is 2.48. The molecule has 3 nitrogen and oxygen atoms in total. The number of rotatable bonds is 1. The van der Waals surface area contributed by atoms with E-state index >= 15 is 0 Å². The van der Waals surface area contributed by atoms with Gasteiger partial charge in [-0.2, -0.15) is 0 Å². The first kappa shape index (κ1) is 7.28. The normalized spacial score (nSPS) is 14.2. The molecule has 0 saturated carbocycles. The second kappa shape index (κ2) is 2.59. The van der Waals surface area contributed by atoms with Gasteiger partial charge in [0.25, 0.3) is 5.91 Å². The molecule has 3 heteroatoms. The van der Waals surface area contributed by atoms with Crippen molar-refractivity contribution in [3.63, 3.8) is 0 Å². The molecule has 1 aromatic rings. The van der Waals surface area contributed by atoms with Gasteiger partial charge in [0, 0.05) is 18.4 Å². The molecule has 0 fully saturated rings. The van der Waals surface area contributed by atoms with E-state index in [-0.39, 0.29) is 5.91 Å². The number of nitrogens with zero attached hydrogens (tertiary/aromatic N) is 1. The van der Waals surface area contributed by atoms with E-state index in [1.807, 2.05) is 6.07 Å². The summed E-state index contributed by atoms with van der Waals surface area (Å²) in [5.41, 5.74) is 2.85. The molecule has 0 bridgehead atoms. The number of aromatic nitrogens is 1. The molecule has 0 saturated heterocycles. The van der Waals surface area contributed by atoms with Crippen LogP contribution in [0.2, 0.25) is 0 Å². The summed E-state index contributed by atoms with van der Waals surface area (Å²) in [6.45, 7) is 2.71. The smallest absolute Gasteiger partial charge is 0.253 e. The highest BCUT2D eigenvalue weighted by Crippen LogP contribution is 2.14. The first-order chi connectivity index (χ1) is 5.81. The second-order valence-corrected chi connectivity index (χ2v) is 2.87. The van der Waals surface area contributed by atoms with E-state index in [2.05, 4.69) is 17.2 Å². The molecular weight excluding hydrogens is 152 g/mol.